The van der Waals surface area contributed by atoms with Crippen LogP contribution >= 0.6 is 11.3 Å². The van der Waals surface area contributed by atoms with Crippen LogP contribution in [0.2, 0.25) is 0 Å². The fourth-order valence-corrected chi connectivity index (χ4v) is 4.95. The molecule has 0 spiro atoms. The van der Waals surface area contributed by atoms with Gasteiger partial charge in [0.05, 0.1) is 11.3 Å². The molecule has 184 valence electrons. The van der Waals surface area contributed by atoms with Gasteiger partial charge < -0.3 is 14.7 Å². The van der Waals surface area contributed by atoms with E-state index in [1.54, 1.807) is 24.0 Å². The molecule has 0 aliphatic carbocycles. The maximum atomic E-state index is 13.5. The van der Waals surface area contributed by atoms with E-state index in [1.165, 1.54) is 32.0 Å². The second-order valence-electron chi connectivity index (χ2n) is 8.80. The van der Waals surface area contributed by atoms with Gasteiger partial charge in [-0.05, 0) is 56.5 Å². The van der Waals surface area contributed by atoms with E-state index in [4.69, 9.17) is 4.74 Å². The number of benzene rings is 2. The Labute approximate surface area is 204 Å². The number of carbonyl (C=O) groups is 2. The monoisotopic (exact) mass is 504 g/mol. The summed E-state index contributed by atoms with van der Waals surface area (Å²) in [6, 6.07) is 10.5. The van der Waals surface area contributed by atoms with Gasteiger partial charge in [-0.2, -0.15) is 13.2 Å². The molecular weight excluding hydrogens is 481 g/mol. The lowest BCUT2D eigenvalue weighted by molar-refractivity contribution is -0.152. The Kier molecular flexibility index (Phi) is 6.35. The van der Waals surface area contributed by atoms with Gasteiger partial charge in [0, 0.05) is 18.7 Å². The molecule has 1 amide bonds. The molecule has 0 radical (unpaired) electrons. The van der Waals surface area contributed by atoms with Crippen LogP contribution in [-0.2, 0) is 23.9 Å². The molecule has 10 heteroatoms. The Morgan fingerprint density at radius 1 is 1.11 bits per heavy atom. The molecule has 0 unspecified atom stereocenters. The second kappa shape index (κ2) is 8.99. The normalized spacial score (nSPS) is 13.9. The van der Waals surface area contributed by atoms with Crippen LogP contribution in [0.5, 0.6) is 5.75 Å². The average Bonchev–Trinajstić information content (AvgIpc) is 3.18. The van der Waals surface area contributed by atoms with E-state index in [-0.39, 0.29) is 23.0 Å². The number of carboxylic acids is 1. The molecule has 3 aromatic rings. The number of carboxylic acid groups (broad SMARTS) is 1. The fourth-order valence-electron chi connectivity index (χ4n) is 3.88. The molecule has 35 heavy (non-hydrogen) atoms. The highest BCUT2D eigenvalue weighted by Crippen LogP contribution is 2.39. The number of aliphatic carboxylic acids is 1. The van der Waals surface area contributed by atoms with Crippen LogP contribution in [0.15, 0.2) is 42.5 Å². The molecule has 0 fully saturated rings. The van der Waals surface area contributed by atoms with Gasteiger partial charge in [0.1, 0.15) is 15.6 Å². The van der Waals surface area contributed by atoms with Crippen LogP contribution in [0.3, 0.4) is 0 Å². The topological polar surface area (TPSA) is 79.7 Å². The standard InChI is InChI=1S/C25H23F3N2O4S/c1-14-20(35-21(29-14)18-6-4-5-7-19(18)25(26,27)28)22(31)30-11-10-15-8-9-17(12-16(15)13-30)34-24(2,3)23(32)33/h4-9,12H,10-11,13H2,1-3H3,(H,32,33). The summed E-state index contributed by atoms with van der Waals surface area (Å²) >= 11 is 0.948. The average molecular weight is 505 g/mol. The van der Waals surface area contributed by atoms with Crippen molar-refractivity contribution in [1.82, 2.24) is 9.88 Å². The third-order valence-corrected chi connectivity index (χ3v) is 7.00. The van der Waals surface area contributed by atoms with Crippen molar-refractivity contribution < 1.29 is 32.6 Å². The summed E-state index contributed by atoms with van der Waals surface area (Å²) in [5.41, 5.74) is -0.0432. The first-order chi connectivity index (χ1) is 16.4. The van der Waals surface area contributed by atoms with E-state index < -0.39 is 23.3 Å². The predicted octanol–water partition coefficient (Wildman–Crippen LogP) is 5.58. The molecule has 2 heterocycles. The molecule has 1 N–H and O–H groups in total. The van der Waals surface area contributed by atoms with Crippen molar-refractivity contribution in [2.45, 2.75) is 45.5 Å². The Hall–Kier alpha value is -3.40. The van der Waals surface area contributed by atoms with Crippen LogP contribution in [0.4, 0.5) is 13.2 Å². The fraction of sp³-hybridized carbons (Fsp3) is 0.320. The van der Waals surface area contributed by atoms with Crippen LogP contribution in [0.25, 0.3) is 10.6 Å². The molecular formula is C25H23F3N2O4S. The first-order valence-electron chi connectivity index (χ1n) is 10.8. The first-order valence-corrected chi connectivity index (χ1v) is 11.7. The Morgan fingerprint density at radius 2 is 1.83 bits per heavy atom. The highest BCUT2D eigenvalue weighted by Gasteiger charge is 2.35. The SMILES string of the molecule is Cc1nc(-c2ccccc2C(F)(F)F)sc1C(=O)N1CCc2ccc(OC(C)(C)C(=O)O)cc2C1. The summed E-state index contributed by atoms with van der Waals surface area (Å²) in [5, 5.41) is 9.45. The highest BCUT2D eigenvalue weighted by atomic mass is 32.1. The molecule has 0 atom stereocenters. The largest absolute Gasteiger partial charge is 0.478 e. The summed E-state index contributed by atoms with van der Waals surface area (Å²) in [6.07, 6.45) is -3.95. The van der Waals surface area contributed by atoms with Gasteiger partial charge in [0.2, 0.25) is 0 Å². The number of thiazole rings is 1. The van der Waals surface area contributed by atoms with Crippen molar-refractivity contribution in [3.63, 3.8) is 0 Å². The van der Waals surface area contributed by atoms with Crippen molar-refractivity contribution >= 4 is 23.2 Å². The van der Waals surface area contributed by atoms with Gasteiger partial charge in [-0.15, -0.1) is 11.3 Å². The lowest BCUT2D eigenvalue weighted by atomic mass is 9.99. The van der Waals surface area contributed by atoms with Crippen molar-refractivity contribution in [1.29, 1.82) is 0 Å². The molecule has 2 aromatic carbocycles. The molecule has 0 saturated heterocycles. The number of aryl methyl sites for hydroxylation is 1. The smallest absolute Gasteiger partial charge is 0.417 e. The minimum Gasteiger partial charge on any atom is -0.478 e. The van der Waals surface area contributed by atoms with E-state index in [2.05, 4.69) is 4.98 Å². The molecule has 0 saturated carbocycles. The number of carbonyl (C=O) groups excluding carboxylic acids is 1. The Balaban J connectivity index is 1.59. The number of amides is 1. The van der Waals surface area contributed by atoms with Gasteiger partial charge in [0.25, 0.3) is 5.91 Å². The quantitative estimate of drug-likeness (QED) is 0.491. The van der Waals surface area contributed by atoms with E-state index in [1.807, 2.05) is 6.07 Å². The number of aromatic nitrogens is 1. The molecule has 0 bridgehead atoms. The lowest BCUT2D eigenvalue weighted by Crippen LogP contribution is -2.38. The zero-order valence-corrected chi connectivity index (χ0v) is 20.1. The summed E-state index contributed by atoms with van der Waals surface area (Å²) in [7, 11) is 0. The zero-order chi connectivity index (χ0) is 25.5. The van der Waals surface area contributed by atoms with Gasteiger partial charge in [-0.3, -0.25) is 4.79 Å². The van der Waals surface area contributed by atoms with E-state index >= 15 is 0 Å². The van der Waals surface area contributed by atoms with E-state index in [0.717, 1.165) is 28.5 Å². The third kappa shape index (κ3) is 5.02. The molecule has 1 aromatic heterocycles. The van der Waals surface area contributed by atoms with Crippen molar-refractivity contribution in [2.24, 2.45) is 0 Å². The summed E-state index contributed by atoms with van der Waals surface area (Å²) in [6.45, 7) is 5.22. The Morgan fingerprint density at radius 3 is 2.51 bits per heavy atom. The van der Waals surface area contributed by atoms with Crippen LogP contribution in [0.1, 0.15) is 45.9 Å². The zero-order valence-electron chi connectivity index (χ0n) is 19.3. The number of ether oxygens (including phenoxy) is 1. The maximum Gasteiger partial charge on any atom is 0.417 e. The predicted molar refractivity (Wildman–Crippen MR) is 125 cm³/mol. The van der Waals surface area contributed by atoms with Crippen molar-refractivity contribution in [2.75, 3.05) is 6.54 Å². The van der Waals surface area contributed by atoms with Gasteiger partial charge in [-0.25, -0.2) is 9.78 Å². The number of hydrogen-bond donors (Lipinski definition) is 1. The van der Waals surface area contributed by atoms with E-state index in [9.17, 15) is 27.9 Å². The second-order valence-corrected chi connectivity index (χ2v) is 9.80. The lowest BCUT2D eigenvalue weighted by Gasteiger charge is -2.29. The highest BCUT2D eigenvalue weighted by molar-refractivity contribution is 7.17. The number of alkyl halides is 3. The van der Waals surface area contributed by atoms with Crippen LogP contribution < -0.4 is 4.74 Å². The van der Waals surface area contributed by atoms with Crippen molar-refractivity contribution in [3.8, 4) is 16.3 Å². The minimum absolute atomic E-state index is 0.0565. The van der Waals surface area contributed by atoms with Crippen LogP contribution in [0, 0.1) is 6.92 Å². The van der Waals surface area contributed by atoms with Crippen LogP contribution in [-0.4, -0.2) is 39.0 Å². The minimum atomic E-state index is -4.54. The maximum absolute atomic E-state index is 13.5. The number of rotatable bonds is 5. The van der Waals surface area contributed by atoms with Gasteiger partial charge in [-0.1, -0.05) is 24.3 Å². The first kappa shape index (κ1) is 24.7. The summed E-state index contributed by atoms with van der Waals surface area (Å²) in [4.78, 5) is 30.9. The molecule has 6 nitrogen and oxygen atoms in total. The number of hydrogen-bond acceptors (Lipinski definition) is 5. The third-order valence-electron chi connectivity index (χ3n) is 5.82. The van der Waals surface area contributed by atoms with Gasteiger partial charge in [0.15, 0.2) is 5.60 Å². The summed E-state index contributed by atoms with van der Waals surface area (Å²) < 4.78 is 46.0. The van der Waals surface area contributed by atoms with Gasteiger partial charge >= 0.3 is 12.1 Å². The summed E-state index contributed by atoms with van der Waals surface area (Å²) in [5.74, 6) is -1.03. The van der Waals surface area contributed by atoms with E-state index in [0.29, 0.717) is 29.3 Å². The number of nitrogens with zero attached hydrogens (tertiary/aromatic N) is 2. The molecule has 1 aliphatic heterocycles. The number of halogens is 3. The molecule has 1 aliphatic rings. The number of fused-ring (bicyclic) bond motifs is 1. The molecule has 4 rings (SSSR count). The van der Waals surface area contributed by atoms with Crippen molar-refractivity contribution in [3.05, 3.63) is 69.7 Å². The Bertz CT molecular complexity index is 1300.